The van der Waals surface area contributed by atoms with Crippen molar-refractivity contribution in [3.05, 3.63) is 46.5 Å². The third-order valence-electron chi connectivity index (χ3n) is 1.98. The molecule has 0 spiro atoms. The molecule has 0 fully saturated rings. The molecule has 1 aromatic carbocycles. The van der Waals surface area contributed by atoms with E-state index in [0.29, 0.717) is 0 Å². The molecule has 0 aliphatic rings. The summed E-state index contributed by atoms with van der Waals surface area (Å²) >= 11 is 0. The van der Waals surface area contributed by atoms with Gasteiger partial charge in [0.05, 0.1) is 23.4 Å². The summed E-state index contributed by atoms with van der Waals surface area (Å²) in [5.41, 5.74) is 4.84. The van der Waals surface area contributed by atoms with Crippen LogP contribution < -0.4 is 10.5 Å². The van der Waals surface area contributed by atoms with Crippen molar-refractivity contribution in [3.63, 3.8) is 0 Å². The molecule has 1 heterocycles. The number of hydrogen-bond acceptors (Lipinski definition) is 6. The Morgan fingerprint density at radius 3 is 2.72 bits per heavy atom. The topological polar surface area (TPSA) is 104 Å². The number of anilines is 1. The lowest BCUT2D eigenvalue weighted by molar-refractivity contribution is -0.385. The van der Waals surface area contributed by atoms with Crippen molar-refractivity contribution in [1.29, 1.82) is 0 Å². The van der Waals surface area contributed by atoms with E-state index in [1.807, 2.05) is 0 Å². The molecule has 0 atom stereocenters. The zero-order valence-corrected chi connectivity index (χ0v) is 8.91. The Hall–Kier alpha value is -2.77. The van der Waals surface area contributed by atoms with Gasteiger partial charge in [-0.1, -0.05) is 0 Å². The maximum absolute atomic E-state index is 12.9. The highest BCUT2D eigenvalue weighted by Crippen LogP contribution is 2.30. The minimum absolute atomic E-state index is 0.0268. The second kappa shape index (κ2) is 4.62. The number of hydrogen-bond donors (Lipinski definition) is 1. The standard InChI is InChI=1S/C10H7FN4O3/c11-6-1-2-8(7(3-6)15(16)17)18-10-5-13-9(12)4-14-10/h1-5H,(H2,12,13). The monoisotopic (exact) mass is 250 g/mol. The van der Waals surface area contributed by atoms with E-state index in [1.54, 1.807) is 0 Å². The lowest BCUT2D eigenvalue weighted by Crippen LogP contribution is -1.97. The summed E-state index contributed by atoms with van der Waals surface area (Å²) in [6.45, 7) is 0. The fourth-order valence-electron chi connectivity index (χ4n) is 1.21. The van der Waals surface area contributed by atoms with Crippen LogP contribution in [0.5, 0.6) is 11.6 Å². The highest BCUT2D eigenvalue weighted by Gasteiger charge is 2.17. The van der Waals surface area contributed by atoms with Crippen molar-refractivity contribution in [2.45, 2.75) is 0 Å². The molecule has 2 rings (SSSR count). The Balaban J connectivity index is 2.34. The summed E-state index contributed by atoms with van der Waals surface area (Å²) < 4.78 is 18.0. The first-order valence-electron chi connectivity index (χ1n) is 4.75. The molecule has 0 aliphatic carbocycles. The quantitative estimate of drug-likeness (QED) is 0.658. The second-order valence-electron chi connectivity index (χ2n) is 3.25. The molecular weight excluding hydrogens is 243 g/mol. The Kier molecular flexibility index (Phi) is 3.00. The van der Waals surface area contributed by atoms with E-state index >= 15 is 0 Å². The van der Waals surface area contributed by atoms with Crippen molar-refractivity contribution < 1.29 is 14.1 Å². The van der Waals surface area contributed by atoms with E-state index in [2.05, 4.69) is 9.97 Å². The Bertz CT molecular complexity index is 588. The maximum atomic E-state index is 12.9. The van der Waals surface area contributed by atoms with Gasteiger partial charge in [0.2, 0.25) is 11.6 Å². The fourth-order valence-corrected chi connectivity index (χ4v) is 1.21. The summed E-state index contributed by atoms with van der Waals surface area (Å²) in [6.07, 6.45) is 2.45. The minimum atomic E-state index is -0.747. The van der Waals surface area contributed by atoms with Gasteiger partial charge >= 0.3 is 5.69 Å². The molecule has 0 saturated carbocycles. The molecule has 2 N–H and O–H groups in total. The normalized spacial score (nSPS) is 10.1. The van der Waals surface area contributed by atoms with Crippen LogP contribution in [0.1, 0.15) is 0 Å². The van der Waals surface area contributed by atoms with E-state index < -0.39 is 16.4 Å². The van der Waals surface area contributed by atoms with E-state index in [1.165, 1.54) is 12.4 Å². The van der Waals surface area contributed by atoms with E-state index in [4.69, 9.17) is 10.5 Å². The van der Waals surface area contributed by atoms with Gasteiger partial charge in [-0.3, -0.25) is 10.1 Å². The molecule has 0 aliphatic heterocycles. The molecule has 7 nitrogen and oxygen atoms in total. The zero-order valence-electron chi connectivity index (χ0n) is 8.91. The summed E-state index contributed by atoms with van der Waals surface area (Å²) in [5, 5.41) is 10.7. The first kappa shape index (κ1) is 11.7. The van der Waals surface area contributed by atoms with Crippen LogP contribution in [0.3, 0.4) is 0 Å². The molecule has 0 radical (unpaired) electrons. The van der Waals surface area contributed by atoms with Crippen LogP contribution in [0.15, 0.2) is 30.6 Å². The van der Waals surface area contributed by atoms with Crippen LogP contribution in [0, 0.1) is 15.9 Å². The number of ether oxygens (including phenoxy) is 1. The van der Waals surface area contributed by atoms with E-state index in [-0.39, 0.29) is 17.4 Å². The average molecular weight is 250 g/mol. The second-order valence-corrected chi connectivity index (χ2v) is 3.25. The van der Waals surface area contributed by atoms with Crippen molar-refractivity contribution >= 4 is 11.5 Å². The number of aromatic nitrogens is 2. The van der Waals surface area contributed by atoms with Gasteiger partial charge < -0.3 is 10.5 Å². The van der Waals surface area contributed by atoms with Gasteiger partial charge in [-0.15, -0.1) is 0 Å². The number of benzene rings is 1. The van der Waals surface area contributed by atoms with Crippen LogP contribution in [0.25, 0.3) is 0 Å². The Labute approximate surface area is 100 Å². The highest BCUT2D eigenvalue weighted by molar-refractivity contribution is 5.47. The summed E-state index contributed by atoms with van der Waals surface area (Å²) in [4.78, 5) is 17.5. The minimum Gasteiger partial charge on any atom is -0.430 e. The first-order chi connectivity index (χ1) is 8.56. The van der Waals surface area contributed by atoms with Crippen LogP contribution in [0.2, 0.25) is 0 Å². The molecule has 8 heteroatoms. The summed E-state index contributed by atoms with van der Waals surface area (Å²) in [6, 6.07) is 2.96. The number of nitrogens with two attached hydrogens (primary N) is 1. The number of nitro groups is 1. The fraction of sp³-hybridized carbons (Fsp3) is 0. The van der Waals surface area contributed by atoms with Crippen molar-refractivity contribution in [1.82, 2.24) is 9.97 Å². The van der Waals surface area contributed by atoms with Gasteiger partial charge in [-0.05, 0) is 12.1 Å². The van der Waals surface area contributed by atoms with Gasteiger partial charge in [0.25, 0.3) is 0 Å². The van der Waals surface area contributed by atoms with Gasteiger partial charge in [0.15, 0.2) is 0 Å². The number of nitrogen functional groups attached to an aromatic ring is 1. The number of halogens is 1. The SMILES string of the molecule is Nc1cnc(Oc2ccc(F)cc2[N+](=O)[O-])cn1. The lowest BCUT2D eigenvalue weighted by Gasteiger charge is -2.04. The van der Waals surface area contributed by atoms with Crippen LogP contribution >= 0.6 is 0 Å². The molecule has 0 bridgehead atoms. The third kappa shape index (κ3) is 2.48. The number of nitrogens with zero attached hydrogens (tertiary/aromatic N) is 3. The summed E-state index contributed by atoms with van der Waals surface area (Å²) in [7, 11) is 0. The maximum Gasteiger partial charge on any atom is 0.314 e. The third-order valence-corrected chi connectivity index (χ3v) is 1.98. The van der Waals surface area contributed by atoms with E-state index in [0.717, 1.165) is 18.2 Å². The zero-order chi connectivity index (χ0) is 13.1. The molecule has 18 heavy (non-hydrogen) atoms. The molecule has 2 aromatic rings. The molecule has 92 valence electrons. The van der Waals surface area contributed by atoms with Crippen molar-refractivity contribution in [2.24, 2.45) is 0 Å². The van der Waals surface area contributed by atoms with Gasteiger partial charge in [-0.25, -0.2) is 14.4 Å². The molecule has 1 aromatic heterocycles. The predicted octanol–water partition coefficient (Wildman–Crippen LogP) is 1.90. The number of rotatable bonds is 3. The van der Waals surface area contributed by atoms with Crippen LogP contribution in [0.4, 0.5) is 15.9 Å². The van der Waals surface area contributed by atoms with Crippen molar-refractivity contribution in [3.8, 4) is 11.6 Å². The Morgan fingerprint density at radius 1 is 1.33 bits per heavy atom. The molecule has 0 amide bonds. The lowest BCUT2D eigenvalue weighted by atomic mass is 10.3. The largest absolute Gasteiger partial charge is 0.430 e. The van der Waals surface area contributed by atoms with Gasteiger partial charge in [-0.2, -0.15) is 0 Å². The van der Waals surface area contributed by atoms with Crippen LogP contribution in [-0.4, -0.2) is 14.9 Å². The molecule has 0 unspecified atom stereocenters. The summed E-state index contributed by atoms with van der Waals surface area (Å²) in [5.74, 6) is -0.632. The number of nitro benzene ring substituents is 1. The predicted molar refractivity (Wildman–Crippen MR) is 59.6 cm³/mol. The van der Waals surface area contributed by atoms with Crippen LogP contribution in [-0.2, 0) is 0 Å². The van der Waals surface area contributed by atoms with Gasteiger partial charge in [0.1, 0.15) is 11.6 Å². The molecule has 0 saturated heterocycles. The van der Waals surface area contributed by atoms with Gasteiger partial charge in [0, 0.05) is 0 Å². The van der Waals surface area contributed by atoms with Crippen molar-refractivity contribution in [2.75, 3.05) is 5.73 Å². The Morgan fingerprint density at radius 2 is 2.11 bits per heavy atom. The highest BCUT2D eigenvalue weighted by atomic mass is 19.1. The first-order valence-corrected chi connectivity index (χ1v) is 4.75. The molecular formula is C10H7FN4O3. The van der Waals surface area contributed by atoms with E-state index in [9.17, 15) is 14.5 Å². The average Bonchev–Trinajstić information content (AvgIpc) is 2.34. The smallest absolute Gasteiger partial charge is 0.314 e.